The van der Waals surface area contributed by atoms with E-state index in [-0.39, 0.29) is 11.7 Å². The maximum absolute atomic E-state index is 13.8. The van der Waals surface area contributed by atoms with Crippen molar-refractivity contribution in [1.29, 1.82) is 5.26 Å². The van der Waals surface area contributed by atoms with Crippen molar-refractivity contribution in [3.8, 4) is 11.8 Å². The number of hydrogen-bond donors (Lipinski definition) is 2. The normalized spacial score (nSPS) is 18.0. The lowest BCUT2D eigenvalue weighted by Gasteiger charge is -2.17. The van der Waals surface area contributed by atoms with Crippen molar-refractivity contribution >= 4 is 51.7 Å². The molecule has 1 fully saturated rings. The number of benzene rings is 3. The highest BCUT2D eigenvalue weighted by Gasteiger charge is 2.39. The summed E-state index contributed by atoms with van der Waals surface area (Å²) in [7, 11) is 1.92. The molecule has 2 aliphatic rings. The second-order valence-corrected chi connectivity index (χ2v) is 10.2. The SMILES string of the molecule is CCNc1ccc(C#N)cc1N=C1SC(=C2Sc3cc(O)ccc3N2C)C(=O)N1Cc1ccccc1. The van der Waals surface area contributed by atoms with Gasteiger partial charge in [0.05, 0.1) is 40.3 Å². The van der Waals surface area contributed by atoms with Crippen LogP contribution in [0.15, 0.2) is 86.6 Å². The largest absolute Gasteiger partial charge is 0.508 e. The Kier molecular flexibility index (Phi) is 6.63. The number of carbonyl (C=O) groups is 1. The molecular formula is C27H23N5O2S2. The molecule has 180 valence electrons. The first kappa shape index (κ1) is 23.9. The van der Waals surface area contributed by atoms with Crippen molar-refractivity contribution in [1.82, 2.24) is 4.90 Å². The first-order valence-electron chi connectivity index (χ1n) is 11.4. The second kappa shape index (κ2) is 10.0. The number of aliphatic imine (C=N–C) groups is 1. The fourth-order valence-electron chi connectivity index (χ4n) is 4.00. The average Bonchev–Trinajstić information content (AvgIpc) is 3.36. The Bertz CT molecular complexity index is 1450. The highest BCUT2D eigenvalue weighted by atomic mass is 32.2. The van der Waals surface area contributed by atoms with Gasteiger partial charge in [0, 0.05) is 18.5 Å². The number of hydrogen-bond acceptors (Lipinski definition) is 8. The Morgan fingerprint density at radius 2 is 1.89 bits per heavy atom. The Labute approximate surface area is 218 Å². The van der Waals surface area contributed by atoms with E-state index < -0.39 is 0 Å². The highest BCUT2D eigenvalue weighted by molar-refractivity contribution is 8.19. The van der Waals surface area contributed by atoms with Gasteiger partial charge in [-0.1, -0.05) is 42.1 Å². The fourth-order valence-corrected chi connectivity index (χ4v) is 6.37. The molecule has 0 aromatic heterocycles. The molecule has 9 heteroatoms. The lowest BCUT2D eigenvalue weighted by molar-refractivity contribution is -0.122. The maximum atomic E-state index is 13.8. The number of aromatic hydroxyl groups is 1. The number of nitriles is 1. The van der Waals surface area contributed by atoms with Crippen LogP contribution in [0.5, 0.6) is 5.75 Å². The zero-order valence-corrected chi connectivity index (χ0v) is 21.4. The molecule has 0 atom stereocenters. The van der Waals surface area contributed by atoms with Crippen LogP contribution in [0.4, 0.5) is 17.1 Å². The maximum Gasteiger partial charge on any atom is 0.269 e. The molecule has 3 aromatic carbocycles. The molecule has 1 saturated heterocycles. The first-order chi connectivity index (χ1) is 17.5. The number of amidine groups is 1. The topological polar surface area (TPSA) is 92.0 Å². The number of amides is 1. The number of carbonyl (C=O) groups excluding carboxylic acids is 1. The Morgan fingerprint density at radius 3 is 2.64 bits per heavy atom. The predicted octanol–water partition coefficient (Wildman–Crippen LogP) is 5.87. The van der Waals surface area contributed by atoms with Crippen molar-refractivity contribution in [2.45, 2.75) is 18.4 Å². The van der Waals surface area contributed by atoms with Crippen LogP contribution in [0.25, 0.3) is 0 Å². The van der Waals surface area contributed by atoms with Crippen LogP contribution in [0.2, 0.25) is 0 Å². The van der Waals surface area contributed by atoms with Gasteiger partial charge in [-0.25, -0.2) is 4.99 Å². The van der Waals surface area contributed by atoms with Crippen LogP contribution in [0, 0.1) is 11.3 Å². The van der Waals surface area contributed by atoms with Crippen molar-refractivity contribution in [2.75, 3.05) is 23.8 Å². The highest BCUT2D eigenvalue weighted by Crippen LogP contribution is 2.51. The third-order valence-corrected chi connectivity index (χ3v) is 8.18. The van der Waals surface area contributed by atoms with Gasteiger partial charge in [0.2, 0.25) is 0 Å². The van der Waals surface area contributed by atoms with Gasteiger partial charge in [0.15, 0.2) is 5.17 Å². The number of phenols is 1. The van der Waals surface area contributed by atoms with E-state index in [2.05, 4.69) is 11.4 Å². The van der Waals surface area contributed by atoms with E-state index in [4.69, 9.17) is 4.99 Å². The summed E-state index contributed by atoms with van der Waals surface area (Å²) in [6, 6.07) is 22.5. The number of thioether (sulfide) groups is 2. The molecule has 1 amide bonds. The number of nitrogens with zero attached hydrogens (tertiary/aromatic N) is 4. The minimum absolute atomic E-state index is 0.129. The zero-order valence-electron chi connectivity index (χ0n) is 19.7. The number of phenolic OH excluding ortho intramolecular Hbond substituents is 1. The van der Waals surface area contributed by atoms with Gasteiger partial charge in [0.25, 0.3) is 5.91 Å². The molecule has 2 heterocycles. The summed E-state index contributed by atoms with van der Waals surface area (Å²) < 4.78 is 0. The summed E-state index contributed by atoms with van der Waals surface area (Å²) in [5, 5.41) is 24.0. The average molecular weight is 514 g/mol. The van der Waals surface area contributed by atoms with Crippen LogP contribution in [0.1, 0.15) is 18.1 Å². The van der Waals surface area contributed by atoms with Crippen molar-refractivity contribution in [2.24, 2.45) is 4.99 Å². The van der Waals surface area contributed by atoms with Gasteiger partial charge in [-0.05, 0) is 60.6 Å². The van der Waals surface area contributed by atoms with Crippen LogP contribution in [-0.2, 0) is 11.3 Å². The number of rotatable bonds is 5. The number of fused-ring (bicyclic) bond motifs is 1. The van der Waals surface area contributed by atoms with Crippen molar-refractivity contribution < 1.29 is 9.90 Å². The summed E-state index contributed by atoms with van der Waals surface area (Å²) in [5.41, 5.74) is 3.83. The van der Waals surface area contributed by atoms with Crippen LogP contribution < -0.4 is 10.2 Å². The molecule has 0 radical (unpaired) electrons. The fraction of sp³-hybridized carbons (Fsp3) is 0.148. The lowest BCUT2D eigenvalue weighted by atomic mass is 10.2. The first-order valence-corrected chi connectivity index (χ1v) is 13.0. The summed E-state index contributed by atoms with van der Waals surface area (Å²) in [6.45, 7) is 3.07. The molecule has 2 aliphatic heterocycles. The zero-order chi connectivity index (χ0) is 25.2. The molecule has 36 heavy (non-hydrogen) atoms. The van der Waals surface area contributed by atoms with Crippen LogP contribution >= 0.6 is 23.5 Å². The van der Waals surface area contributed by atoms with Gasteiger partial charge < -0.3 is 15.3 Å². The molecule has 0 saturated carbocycles. The van der Waals surface area contributed by atoms with Gasteiger partial charge >= 0.3 is 0 Å². The number of anilines is 2. The molecule has 2 N–H and O–H groups in total. The van der Waals surface area contributed by atoms with E-state index in [9.17, 15) is 15.2 Å². The summed E-state index contributed by atoms with van der Waals surface area (Å²) in [4.78, 5) is 23.8. The molecule has 0 unspecified atom stereocenters. The third-order valence-electron chi connectivity index (χ3n) is 5.77. The molecule has 0 spiro atoms. The third kappa shape index (κ3) is 4.53. The molecule has 0 bridgehead atoms. The van der Waals surface area contributed by atoms with Gasteiger partial charge in [-0.2, -0.15) is 5.26 Å². The van der Waals surface area contributed by atoms with E-state index in [0.717, 1.165) is 26.9 Å². The smallest absolute Gasteiger partial charge is 0.269 e. The minimum atomic E-state index is -0.129. The summed E-state index contributed by atoms with van der Waals surface area (Å²) in [6.07, 6.45) is 0. The van der Waals surface area contributed by atoms with E-state index >= 15 is 0 Å². The minimum Gasteiger partial charge on any atom is -0.508 e. The molecule has 3 aromatic rings. The number of nitrogens with one attached hydrogen (secondary N) is 1. The lowest BCUT2D eigenvalue weighted by Crippen LogP contribution is -2.29. The van der Waals surface area contributed by atoms with Crippen LogP contribution in [-0.4, -0.2) is 34.7 Å². The van der Waals surface area contributed by atoms with Crippen molar-refractivity contribution in [3.05, 3.63) is 87.8 Å². The van der Waals surface area contributed by atoms with Gasteiger partial charge in [-0.15, -0.1) is 0 Å². The Balaban J connectivity index is 1.59. The Hall–Kier alpha value is -3.87. The quantitative estimate of drug-likeness (QED) is 0.412. The van der Waals surface area contributed by atoms with Crippen molar-refractivity contribution in [3.63, 3.8) is 0 Å². The second-order valence-electron chi connectivity index (χ2n) is 8.19. The molecular weight excluding hydrogens is 490 g/mol. The Morgan fingerprint density at radius 1 is 1.08 bits per heavy atom. The summed E-state index contributed by atoms with van der Waals surface area (Å²) >= 11 is 2.79. The van der Waals surface area contributed by atoms with Gasteiger partial charge in [0.1, 0.15) is 10.7 Å². The molecule has 7 nitrogen and oxygen atoms in total. The van der Waals surface area contributed by atoms with E-state index in [0.29, 0.717) is 34.4 Å². The summed E-state index contributed by atoms with van der Waals surface area (Å²) in [5.74, 6) is 0.0583. The molecule has 0 aliphatic carbocycles. The standard InChI is InChI=1S/C27H23N5O2S2/c1-3-29-20-11-9-18(15-28)13-21(20)30-27-32(16-17-7-5-4-6-8-17)25(34)24(36-27)26-31(2)22-12-10-19(33)14-23(22)35-26/h4-14,29,33H,3,16H2,1-2H3. The predicted molar refractivity (Wildman–Crippen MR) is 146 cm³/mol. The van der Waals surface area contributed by atoms with E-state index in [1.165, 1.54) is 23.5 Å². The monoisotopic (exact) mass is 513 g/mol. The molecule has 5 rings (SSSR count). The van der Waals surface area contributed by atoms with E-state index in [1.807, 2.05) is 61.3 Å². The van der Waals surface area contributed by atoms with Gasteiger partial charge in [-0.3, -0.25) is 9.69 Å². The van der Waals surface area contributed by atoms with E-state index in [1.54, 1.807) is 29.2 Å². The van der Waals surface area contributed by atoms with Crippen LogP contribution in [0.3, 0.4) is 0 Å².